The van der Waals surface area contributed by atoms with E-state index in [9.17, 15) is 0 Å². The SMILES string of the molecule is COc1cc(-c2ccc([C@@H](C)N(C)C)cc2)nc(OC)n1. The Morgan fingerprint density at radius 3 is 2.19 bits per heavy atom. The maximum Gasteiger partial charge on any atom is 0.320 e. The smallest absolute Gasteiger partial charge is 0.320 e. The molecule has 0 aliphatic heterocycles. The first-order valence-corrected chi connectivity index (χ1v) is 6.79. The summed E-state index contributed by atoms with van der Waals surface area (Å²) in [5.74, 6) is 0.489. The molecule has 1 atom stereocenters. The zero-order chi connectivity index (χ0) is 15.4. The number of nitrogens with zero attached hydrogens (tertiary/aromatic N) is 3. The monoisotopic (exact) mass is 287 g/mol. The summed E-state index contributed by atoms with van der Waals surface area (Å²) in [4.78, 5) is 10.6. The molecular formula is C16H21N3O2. The molecule has 1 aromatic carbocycles. The molecule has 1 aromatic heterocycles. The molecule has 0 saturated carbocycles. The van der Waals surface area contributed by atoms with E-state index in [4.69, 9.17) is 9.47 Å². The molecule has 21 heavy (non-hydrogen) atoms. The molecule has 0 N–H and O–H groups in total. The van der Waals surface area contributed by atoms with Gasteiger partial charge in [0.2, 0.25) is 5.88 Å². The lowest BCUT2D eigenvalue weighted by molar-refractivity contribution is 0.321. The highest BCUT2D eigenvalue weighted by atomic mass is 16.5. The molecule has 0 radical (unpaired) electrons. The fraction of sp³-hybridized carbons (Fsp3) is 0.375. The second-order valence-corrected chi connectivity index (χ2v) is 5.04. The van der Waals surface area contributed by atoms with Gasteiger partial charge in [-0.1, -0.05) is 24.3 Å². The van der Waals surface area contributed by atoms with Crippen LogP contribution in [0.4, 0.5) is 0 Å². The first-order chi connectivity index (χ1) is 10.0. The summed E-state index contributed by atoms with van der Waals surface area (Å²) in [5, 5.41) is 0. The van der Waals surface area contributed by atoms with E-state index in [-0.39, 0.29) is 0 Å². The predicted octanol–water partition coefficient (Wildman–Crippen LogP) is 2.78. The molecule has 5 heteroatoms. The van der Waals surface area contributed by atoms with E-state index in [1.165, 1.54) is 5.56 Å². The maximum atomic E-state index is 5.17. The first-order valence-electron chi connectivity index (χ1n) is 6.79. The summed E-state index contributed by atoms with van der Waals surface area (Å²) >= 11 is 0. The lowest BCUT2D eigenvalue weighted by Gasteiger charge is -2.20. The minimum atomic E-state index is 0.301. The van der Waals surface area contributed by atoms with Gasteiger partial charge in [-0.3, -0.25) is 0 Å². The van der Waals surface area contributed by atoms with Crippen LogP contribution in [0.3, 0.4) is 0 Å². The molecule has 0 amide bonds. The molecule has 0 spiro atoms. The fourth-order valence-electron chi connectivity index (χ4n) is 1.98. The Kier molecular flexibility index (Phi) is 4.75. The molecule has 2 rings (SSSR count). The quantitative estimate of drug-likeness (QED) is 0.846. The van der Waals surface area contributed by atoms with E-state index >= 15 is 0 Å². The van der Waals surface area contributed by atoms with Crippen molar-refractivity contribution in [2.75, 3.05) is 28.3 Å². The van der Waals surface area contributed by atoms with Crippen LogP contribution in [-0.4, -0.2) is 43.2 Å². The molecule has 0 fully saturated rings. The Hall–Kier alpha value is -2.14. The van der Waals surface area contributed by atoms with Crippen molar-refractivity contribution < 1.29 is 9.47 Å². The molecule has 0 aliphatic carbocycles. The lowest BCUT2D eigenvalue weighted by atomic mass is 10.0. The van der Waals surface area contributed by atoms with Gasteiger partial charge in [0.25, 0.3) is 0 Å². The second kappa shape index (κ2) is 6.54. The van der Waals surface area contributed by atoms with Crippen LogP contribution in [0.15, 0.2) is 30.3 Å². The van der Waals surface area contributed by atoms with E-state index < -0.39 is 0 Å². The number of methoxy groups -OCH3 is 2. The van der Waals surface area contributed by atoms with E-state index in [2.05, 4.69) is 60.2 Å². The highest BCUT2D eigenvalue weighted by Crippen LogP contribution is 2.25. The third-order valence-corrected chi connectivity index (χ3v) is 3.54. The zero-order valence-corrected chi connectivity index (χ0v) is 13.1. The van der Waals surface area contributed by atoms with Crippen molar-refractivity contribution in [3.63, 3.8) is 0 Å². The van der Waals surface area contributed by atoms with Crippen LogP contribution in [-0.2, 0) is 0 Å². The average Bonchev–Trinajstić information content (AvgIpc) is 2.53. The van der Waals surface area contributed by atoms with Gasteiger partial charge in [0.05, 0.1) is 19.9 Å². The minimum absolute atomic E-state index is 0.301. The largest absolute Gasteiger partial charge is 0.481 e. The number of ether oxygens (including phenoxy) is 2. The average molecular weight is 287 g/mol. The molecule has 0 unspecified atom stereocenters. The molecule has 2 aromatic rings. The fourth-order valence-corrected chi connectivity index (χ4v) is 1.98. The number of hydrogen-bond donors (Lipinski definition) is 0. The van der Waals surface area contributed by atoms with Gasteiger partial charge in [-0.15, -0.1) is 0 Å². The summed E-state index contributed by atoms with van der Waals surface area (Å²) in [7, 11) is 7.26. The standard InChI is InChI=1S/C16H21N3O2/c1-11(19(2)3)12-6-8-13(9-7-12)14-10-15(20-4)18-16(17-14)21-5/h6-11H,1-5H3/t11-/m1/s1. The molecule has 0 bridgehead atoms. The number of benzene rings is 1. The Morgan fingerprint density at radius 1 is 1.00 bits per heavy atom. The molecule has 0 aliphatic rings. The minimum Gasteiger partial charge on any atom is -0.481 e. The van der Waals surface area contributed by atoms with Gasteiger partial charge in [-0.2, -0.15) is 9.97 Å². The summed E-state index contributed by atoms with van der Waals surface area (Å²) in [5.41, 5.74) is 3.04. The van der Waals surface area contributed by atoms with Crippen LogP contribution in [0.1, 0.15) is 18.5 Å². The van der Waals surface area contributed by atoms with Crippen molar-refractivity contribution in [1.29, 1.82) is 0 Å². The second-order valence-electron chi connectivity index (χ2n) is 5.04. The third-order valence-electron chi connectivity index (χ3n) is 3.54. The summed E-state index contributed by atoms with van der Waals surface area (Å²) in [6.45, 7) is 2.17. The maximum absolute atomic E-state index is 5.17. The van der Waals surface area contributed by atoms with Crippen molar-refractivity contribution in [3.8, 4) is 23.1 Å². The highest BCUT2D eigenvalue weighted by Gasteiger charge is 2.10. The Bertz CT molecular complexity index is 575. The summed E-state index contributed by atoms with van der Waals surface area (Å²) in [6, 6.07) is 10.8. The van der Waals surface area contributed by atoms with Gasteiger partial charge in [0.15, 0.2) is 0 Å². The van der Waals surface area contributed by atoms with Crippen LogP contribution in [0.2, 0.25) is 0 Å². The summed E-state index contributed by atoms with van der Waals surface area (Å²) < 4.78 is 10.3. The van der Waals surface area contributed by atoms with E-state index in [1.807, 2.05) is 0 Å². The van der Waals surface area contributed by atoms with Crippen molar-refractivity contribution in [3.05, 3.63) is 35.9 Å². The van der Waals surface area contributed by atoms with Crippen molar-refractivity contribution >= 4 is 0 Å². The van der Waals surface area contributed by atoms with Crippen LogP contribution in [0.25, 0.3) is 11.3 Å². The molecule has 1 heterocycles. The predicted molar refractivity (Wildman–Crippen MR) is 82.7 cm³/mol. The topological polar surface area (TPSA) is 47.5 Å². The van der Waals surface area contributed by atoms with E-state index in [0.29, 0.717) is 17.9 Å². The van der Waals surface area contributed by atoms with Gasteiger partial charge < -0.3 is 14.4 Å². The van der Waals surface area contributed by atoms with Crippen molar-refractivity contribution in [2.45, 2.75) is 13.0 Å². The molecule has 5 nitrogen and oxygen atoms in total. The number of rotatable bonds is 5. The third kappa shape index (κ3) is 3.49. The Balaban J connectivity index is 2.34. The zero-order valence-electron chi connectivity index (χ0n) is 13.1. The van der Waals surface area contributed by atoms with Gasteiger partial charge >= 0.3 is 6.01 Å². The Morgan fingerprint density at radius 2 is 1.67 bits per heavy atom. The lowest BCUT2D eigenvalue weighted by Crippen LogP contribution is -2.16. The van der Waals surface area contributed by atoms with Gasteiger partial charge in [-0.05, 0) is 26.6 Å². The molecule has 0 saturated heterocycles. The van der Waals surface area contributed by atoms with Crippen LogP contribution in [0, 0.1) is 0 Å². The van der Waals surface area contributed by atoms with Gasteiger partial charge in [0, 0.05) is 17.7 Å². The molecule has 112 valence electrons. The van der Waals surface area contributed by atoms with Crippen LogP contribution >= 0.6 is 0 Å². The number of hydrogen-bond acceptors (Lipinski definition) is 5. The normalized spacial score (nSPS) is 12.3. The van der Waals surface area contributed by atoms with Crippen molar-refractivity contribution in [2.24, 2.45) is 0 Å². The van der Waals surface area contributed by atoms with Crippen LogP contribution in [0.5, 0.6) is 11.9 Å². The van der Waals surface area contributed by atoms with E-state index in [1.54, 1.807) is 20.3 Å². The number of aromatic nitrogens is 2. The van der Waals surface area contributed by atoms with Gasteiger partial charge in [0.1, 0.15) is 0 Å². The first kappa shape index (κ1) is 15.3. The van der Waals surface area contributed by atoms with Gasteiger partial charge in [-0.25, -0.2) is 0 Å². The van der Waals surface area contributed by atoms with E-state index in [0.717, 1.165) is 11.3 Å². The summed E-state index contributed by atoms with van der Waals surface area (Å²) in [6.07, 6.45) is 0. The highest BCUT2D eigenvalue weighted by molar-refractivity contribution is 5.61. The molecular weight excluding hydrogens is 266 g/mol. The van der Waals surface area contributed by atoms with Crippen molar-refractivity contribution in [1.82, 2.24) is 14.9 Å². The Labute approximate surface area is 125 Å². The van der Waals surface area contributed by atoms with Crippen LogP contribution < -0.4 is 9.47 Å².